The van der Waals surface area contributed by atoms with Crippen molar-refractivity contribution >= 4 is 57.4 Å². The lowest BCUT2D eigenvalue weighted by Crippen LogP contribution is -2.12. The summed E-state index contributed by atoms with van der Waals surface area (Å²) in [5.41, 5.74) is 1.17. The molecule has 0 fully saturated rings. The molecule has 0 bridgehead atoms. The lowest BCUT2D eigenvalue weighted by atomic mass is 10.2. The summed E-state index contributed by atoms with van der Waals surface area (Å²) < 4.78 is 0.869. The summed E-state index contributed by atoms with van der Waals surface area (Å²) in [6, 6.07) is 8.37. The van der Waals surface area contributed by atoms with E-state index in [2.05, 4.69) is 32.9 Å². The molecule has 0 spiro atoms. The maximum Gasteiger partial charge on any atom is 0.255 e. The van der Waals surface area contributed by atoms with E-state index in [1.165, 1.54) is 12.3 Å². The average molecular weight is 393 g/mol. The number of aromatic nitrogens is 1. The molecule has 0 atom stereocenters. The van der Waals surface area contributed by atoms with E-state index in [1.54, 1.807) is 24.3 Å². The normalized spacial score (nSPS) is 10.2. The van der Waals surface area contributed by atoms with E-state index < -0.39 is 0 Å². The fourth-order valence-electron chi connectivity index (χ4n) is 1.33. The highest BCUT2D eigenvalue weighted by Crippen LogP contribution is 2.23. The van der Waals surface area contributed by atoms with Gasteiger partial charge in [-0.25, -0.2) is 4.98 Å². The number of carbonyl (C=O) groups excluding carboxylic acids is 1. The molecular weight excluding hydrogens is 386 g/mol. The number of nitrogens with one attached hydrogen (secondary N) is 1. The topological polar surface area (TPSA) is 42.0 Å². The van der Waals surface area contributed by atoms with E-state index in [0.29, 0.717) is 16.3 Å². The van der Waals surface area contributed by atoms with Crippen molar-refractivity contribution in [1.82, 2.24) is 4.98 Å². The Kier molecular flexibility index (Phi) is 4.42. The third kappa shape index (κ3) is 3.34. The summed E-state index contributed by atoms with van der Waals surface area (Å²) in [6.45, 7) is 0. The first-order valence-electron chi connectivity index (χ1n) is 4.94. The molecule has 1 heterocycles. The summed E-state index contributed by atoms with van der Waals surface area (Å²) in [6.07, 6.45) is 1.49. The minimum absolute atomic E-state index is 0.237. The van der Waals surface area contributed by atoms with Crippen LogP contribution in [0.2, 0.25) is 10.2 Å². The van der Waals surface area contributed by atoms with Crippen molar-refractivity contribution in [2.75, 3.05) is 5.32 Å². The van der Waals surface area contributed by atoms with Crippen molar-refractivity contribution in [3.63, 3.8) is 0 Å². The van der Waals surface area contributed by atoms with Crippen molar-refractivity contribution in [3.05, 3.63) is 55.8 Å². The van der Waals surface area contributed by atoms with Crippen molar-refractivity contribution in [2.45, 2.75) is 0 Å². The van der Waals surface area contributed by atoms with E-state index in [0.717, 1.165) is 3.57 Å². The van der Waals surface area contributed by atoms with Crippen molar-refractivity contribution in [3.8, 4) is 0 Å². The molecule has 1 amide bonds. The van der Waals surface area contributed by atoms with Crippen LogP contribution in [0.5, 0.6) is 0 Å². The maximum absolute atomic E-state index is 12.0. The van der Waals surface area contributed by atoms with E-state index in [1.807, 2.05) is 0 Å². The van der Waals surface area contributed by atoms with Gasteiger partial charge in [0, 0.05) is 20.4 Å². The van der Waals surface area contributed by atoms with Crippen molar-refractivity contribution in [1.29, 1.82) is 0 Å². The number of nitrogens with zero attached hydrogens (tertiary/aromatic N) is 1. The number of benzene rings is 1. The second kappa shape index (κ2) is 5.86. The Morgan fingerprint density at radius 3 is 2.67 bits per heavy atom. The van der Waals surface area contributed by atoms with Gasteiger partial charge in [-0.1, -0.05) is 23.2 Å². The Balaban J connectivity index is 2.21. The Hall–Kier alpha value is -0.850. The molecule has 3 nitrogen and oxygen atoms in total. The number of hydrogen-bond acceptors (Lipinski definition) is 2. The van der Waals surface area contributed by atoms with Gasteiger partial charge in [0.25, 0.3) is 5.91 Å². The fourth-order valence-corrected chi connectivity index (χ4v) is 2.51. The first-order valence-corrected chi connectivity index (χ1v) is 6.77. The SMILES string of the molecule is O=C(Nc1ccc(Cl)cc1I)c1ccnc(Cl)c1. The van der Waals surface area contributed by atoms with E-state index in [4.69, 9.17) is 23.2 Å². The van der Waals surface area contributed by atoms with Gasteiger partial charge >= 0.3 is 0 Å². The number of halogens is 3. The minimum Gasteiger partial charge on any atom is -0.321 e. The third-order valence-electron chi connectivity index (χ3n) is 2.17. The Morgan fingerprint density at radius 1 is 1.22 bits per heavy atom. The molecule has 1 N–H and O–H groups in total. The number of amides is 1. The first-order chi connectivity index (χ1) is 8.56. The maximum atomic E-state index is 12.0. The Bertz CT molecular complexity index is 604. The van der Waals surface area contributed by atoms with E-state index in [9.17, 15) is 4.79 Å². The molecular formula is C12H7Cl2IN2O. The predicted octanol–water partition coefficient (Wildman–Crippen LogP) is 4.25. The largest absolute Gasteiger partial charge is 0.321 e. The highest BCUT2D eigenvalue weighted by atomic mass is 127. The lowest BCUT2D eigenvalue weighted by molar-refractivity contribution is 0.102. The van der Waals surface area contributed by atoms with Crippen LogP contribution in [-0.2, 0) is 0 Å². The summed E-state index contributed by atoms with van der Waals surface area (Å²) in [5, 5.41) is 3.70. The van der Waals surface area contributed by atoms with Crippen LogP contribution in [0, 0.1) is 3.57 Å². The van der Waals surface area contributed by atoms with Gasteiger partial charge in [0.05, 0.1) is 5.69 Å². The molecule has 2 rings (SSSR count). The van der Waals surface area contributed by atoms with Gasteiger partial charge in [-0.15, -0.1) is 0 Å². The average Bonchev–Trinajstić information content (AvgIpc) is 2.32. The molecule has 1 aromatic carbocycles. The highest BCUT2D eigenvalue weighted by molar-refractivity contribution is 14.1. The van der Waals surface area contributed by atoms with Gasteiger partial charge in [-0.3, -0.25) is 4.79 Å². The molecule has 0 saturated carbocycles. The fraction of sp³-hybridized carbons (Fsp3) is 0. The van der Waals surface area contributed by atoms with Gasteiger partial charge in [-0.05, 0) is 52.9 Å². The van der Waals surface area contributed by atoms with Crippen LogP contribution < -0.4 is 5.32 Å². The first kappa shape index (κ1) is 13.6. The number of pyridine rings is 1. The summed E-state index contributed by atoms with van der Waals surface area (Å²) in [7, 11) is 0. The quantitative estimate of drug-likeness (QED) is 0.613. The third-order valence-corrected chi connectivity index (χ3v) is 3.50. The van der Waals surface area contributed by atoms with Crippen LogP contribution in [0.3, 0.4) is 0 Å². The van der Waals surface area contributed by atoms with Crippen LogP contribution in [0.1, 0.15) is 10.4 Å². The van der Waals surface area contributed by atoms with Crippen LogP contribution in [-0.4, -0.2) is 10.9 Å². The minimum atomic E-state index is -0.237. The molecule has 18 heavy (non-hydrogen) atoms. The molecule has 0 aliphatic heterocycles. The second-order valence-corrected chi connectivity index (χ2v) is 5.43. The summed E-state index contributed by atoms with van der Waals surface area (Å²) >= 11 is 13.7. The second-order valence-electron chi connectivity index (χ2n) is 3.45. The van der Waals surface area contributed by atoms with Crippen LogP contribution >= 0.6 is 45.8 Å². The molecule has 0 aliphatic carbocycles. The smallest absolute Gasteiger partial charge is 0.255 e. The predicted molar refractivity (Wildman–Crippen MR) is 81.4 cm³/mol. The van der Waals surface area contributed by atoms with Gasteiger partial charge in [-0.2, -0.15) is 0 Å². The zero-order valence-electron chi connectivity index (χ0n) is 8.95. The van der Waals surface area contributed by atoms with Crippen LogP contribution in [0.4, 0.5) is 5.69 Å². The van der Waals surface area contributed by atoms with E-state index >= 15 is 0 Å². The van der Waals surface area contributed by atoms with Gasteiger partial charge in [0.2, 0.25) is 0 Å². The van der Waals surface area contributed by atoms with Crippen molar-refractivity contribution < 1.29 is 4.79 Å². The summed E-state index contributed by atoms with van der Waals surface area (Å²) in [5.74, 6) is -0.237. The Morgan fingerprint density at radius 2 is 2.00 bits per heavy atom. The number of carbonyl (C=O) groups is 1. The molecule has 0 saturated heterocycles. The Labute approximate surface area is 128 Å². The monoisotopic (exact) mass is 392 g/mol. The molecule has 0 radical (unpaired) electrons. The van der Waals surface area contributed by atoms with Crippen LogP contribution in [0.15, 0.2) is 36.5 Å². The molecule has 2 aromatic rings. The number of anilines is 1. The van der Waals surface area contributed by atoms with Crippen LogP contribution in [0.25, 0.3) is 0 Å². The van der Waals surface area contributed by atoms with Gasteiger partial charge in [0.1, 0.15) is 5.15 Å². The number of rotatable bonds is 2. The standard InChI is InChI=1S/C12H7Cl2IN2O/c13-8-1-2-10(9(15)6-8)17-12(18)7-3-4-16-11(14)5-7/h1-6H,(H,17,18). The lowest BCUT2D eigenvalue weighted by Gasteiger charge is -2.07. The zero-order valence-corrected chi connectivity index (χ0v) is 12.6. The highest BCUT2D eigenvalue weighted by Gasteiger charge is 2.09. The zero-order chi connectivity index (χ0) is 13.1. The molecule has 6 heteroatoms. The molecule has 92 valence electrons. The van der Waals surface area contributed by atoms with E-state index in [-0.39, 0.29) is 11.1 Å². The van der Waals surface area contributed by atoms with Gasteiger partial charge in [0.15, 0.2) is 0 Å². The molecule has 1 aromatic heterocycles. The number of hydrogen-bond donors (Lipinski definition) is 1. The molecule has 0 aliphatic rings. The van der Waals surface area contributed by atoms with Crippen molar-refractivity contribution in [2.24, 2.45) is 0 Å². The van der Waals surface area contributed by atoms with Gasteiger partial charge < -0.3 is 5.32 Å². The summed E-state index contributed by atoms with van der Waals surface area (Å²) in [4.78, 5) is 15.8. The molecule has 0 unspecified atom stereocenters.